The van der Waals surface area contributed by atoms with Crippen LogP contribution >= 0.6 is 11.6 Å². The molecular weight excluding hydrogens is 266 g/mol. The van der Waals surface area contributed by atoms with Crippen molar-refractivity contribution in [2.45, 2.75) is 5.92 Å². The van der Waals surface area contributed by atoms with Gasteiger partial charge < -0.3 is 10.6 Å². The van der Waals surface area contributed by atoms with E-state index in [9.17, 15) is 4.79 Å². The summed E-state index contributed by atoms with van der Waals surface area (Å²) in [7, 11) is 2.09. The third kappa shape index (κ3) is 3.86. The molecule has 0 aromatic carbocycles. The fraction of sp³-hybridized carbons (Fsp3) is 0.583. The van der Waals surface area contributed by atoms with E-state index in [1.807, 2.05) is 0 Å². The quantitative estimate of drug-likeness (QED) is 0.784. The minimum absolute atomic E-state index is 0.328. The molecule has 1 aromatic rings. The van der Waals surface area contributed by atoms with Crippen LogP contribution in [0.5, 0.6) is 0 Å². The smallest absolute Gasteiger partial charge is 0.227 e. The minimum Gasteiger partial charge on any atom is -0.369 e. The Kier molecular flexibility index (Phi) is 4.68. The first-order valence-electron chi connectivity index (χ1n) is 6.24. The number of likely N-dealkylation sites (N-methyl/N-ethyl adjacent to an activating group) is 1. The van der Waals surface area contributed by atoms with Gasteiger partial charge in [-0.1, -0.05) is 11.6 Å². The number of rotatable bonds is 4. The Hall–Kier alpha value is -1.24. The van der Waals surface area contributed by atoms with Crippen molar-refractivity contribution in [3.05, 3.63) is 23.2 Å². The van der Waals surface area contributed by atoms with Gasteiger partial charge in [0.15, 0.2) is 0 Å². The Morgan fingerprint density at radius 3 is 2.68 bits per heavy atom. The number of hydrogen-bond acceptors (Lipinski definition) is 5. The van der Waals surface area contributed by atoms with E-state index < -0.39 is 5.92 Å². The molecule has 2 N–H and O–H groups in total. The molecular formula is C12H18ClN5O. The number of carbonyl (C=O) groups excluding carboxylic acids is 1. The van der Waals surface area contributed by atoms with E-state index in [-0.39, 0.29) is 5.91 Å². The molecule has 1 aliphatic heterocycles. The third-order valence-corrected chi connectivity index (χ3v) is 3.60. The van der Waals surface area contributed by atoms with Crippen molar-refractivity contribution in [3.63, 3.8) is 0 Å². The number of primary amides is 1. The lowest BCUT2D eigenvalue weighted by atomic mass is 10.0. The first-order chi connectivity index (χ1) is 9.06. The zero-order chi connectivity index (χ0) is 13.8. The van der Waals surface area contributed by atoms with Crippen LogP contribution in [0.15, 0.2) is 12.4 Å². The van der Waals surface area contributed by atoms with Gasteiger partial charge in [0, 0.05) is 32.7 Å². The van der Waals surface area contributed by atoms with Crippen LogP contribution in [-0.4, -0.2) is 65.4 Å². The lowest BCUT2D eigenvalue weighted by Gasteiger charge is -2.33. The Labute approximate surface area is 117 Å². The number of amides is 1. The molecule has 0 bridgehead atoms. The van der Waals surface area contributed by atoms with Gasteiger partial charge >= 0.3 is 0 Å². The summed E-state index contributed by atoms with van der Waals surface area (Å²) < 4.78 is 0. The van der Waals surface area contributed by atoms with E-state index in [0.29, 0.717) is 17.4 Å². The predicted octanol–water partition coefficient (Wildman–Crippen LogP) is -0.0537. The number of nitrogens with zero attached hydrogens (tertiary/aromatic N) is 4. The summed E-state index contributed by atoms with van der Waals surface area (Å²) in [5, 5.41) is 0.328. The zero-order valence-electron chi connectivity index (χ0n) is 10.9. The molecule has 0 spiro atoms. The molecule has 6 nitrogen and oxygen atoms in total. The van der Waals surface area contributed by atoms with Gasteiger partial charge in [-0.15, -0.1) is 0 Å². The lowest BCUT2D eigenvalue weighted by molar-refractivity contribution is -0.120. The summed E-state index contributed by atoms with van der Waals surface area (Å²) in [5.74, 6) is -0.822. The molecule has 104 valence electrons. The number of piperazine rings is 1. The molecule has 1 aliphatic rings. The van der Waals surface area contributed by atoms with Crippen molar-refractivity contribution >= 4 is 17.5 Å². The lowest BCUT2D eigenvalue weighted by Crippen LogP contribution is -2.47. The molecule has 1 fully saturated rings. The highest BCUT2D eigenvalue weighted by Crippen LogP contribution is 2.17. The highest BCUT2D eigenvalue weighted by molar-refractivity contribution is 6.29. The predicted molar refractivity (Wildman–Crippen MR) is 72.9 cm³/mol. The number of carbonyl (C=O) groups is 1. The standard InChI is InChI=1S/C12H18ClN5O/c1-17-2-4-18(5-3-17)7-9(12(14)19)10-6-11(13)16-8-15-10/h6,8-9H,2-5,7H2,1H3,(H2,14,19). The summed E-state index contributed by atoms with van der Waals surface area (Å²) in [4.78, 5) is 24.0. The van der Waals surface area contributed by atoms with Gasteiger partial charge in [-0.05, 0) is 13.1 Å². The van der Waals surface area contributed by atoms with Crippen LogP contribution < -0.4 is 5.73 Å². The Bertz CT molecular complexity index is 448. The van der Waals surface area contributed by atoms with Crippen molar-refractivity contribution < 1.29 is 4.79 Å². The van der Waals surface area contributed by atoms with Crippen LogP contribution in [0.3, 0.4) is 0 Å². The van der Waals surface area contributed by atoms with Crippen molar-refractivity contribution in [2.75, 3.05) is 39.8 Å². The number of aromatic nitrogens is 2. The van der Waals surface area contributed by atoms with Crippen molar-refractivity contribution in [1.29, 1.82) is 0 Å². The topological polar surface area (TPSA) is 75.3 Å². The first kappa shape index (κ1) is 14.2. The average Bonchev–Trinajstić information content (AvgIpc) is 2.37. The maximum absolute atomic E-state index is 11.6. The number of hydrogen-bond donors (Lipinski definition) is 1. The highest BCUT2D eigenvalue weighted by Gasteiger charge is 2.24. The van der Waals surface area contributed by atoms with Gasteiger partial charge in [-0.2, -0.15) is 0 Å². The zero-order valence-corrected chi connectivity index (χ0v) is 11.7. The van der Waals surface area contributed by atoms with Crippen LogP contribution in [0.4, 0.5) is 0 Å². The SMILES string of the molecule is CN1CCN(CC(C(N)=O)c2cc(Cl)ncn2)CC1. The summed E-state index contributed by atoms with van der Waals surface area (Å²) in [6.07, 6.45) is 1.36. The summed E-state index contributed by atoms with van der Waals surface area (Å²) in [6.45, 7) is 4.43. The molecule has 1 aromatic heterocycles. The van der Waals surface area contributed by atoms with E-state index in [2.05, 4.69) is 26.8 Å². The van der Waals surface area contributed by atoms with E-state index in [1.54, 1.807) is 6.07 Å². The molecule has 7 heteroatoms. The number of halogens is 1. The fourth-order valence-corrected chi connectivity index (χ4v) is 2.31. The maximum atomic E-state index is 11.6. The molecule has 0 aliphatic carbocycles. The highest BCUT2D eigenvalue weighted by atomic mass is 35.5. The van der Waals surface area contributed by atoms with E-state index in [1.165, 1.54) is 6.33 Å². The van der Waals surface area contributed by atoms with Crippen LogP contribution in [0.1, 0.15) is 11.6 Å². The Morgan fingerprint density at radius 1 is 1.42 bits per heavy atom. The summed E-state index contributed by atoms with van der Waals surface area (Å²) >= 11 is 5.83. The Morgan fingerprint density at radius 2 is 2.11 bits per heavy atom. The first-order valence-corrected chi connectivity index (χ1v) is 6.61. The molecule has 1 atom stereocenters. The minimum atomic E-state index is -0.441. The van der Waals surface area contributed by atoms with Crippen LogP contribution in [0.2, 0.25) is 5.15 Å². The van der Waals surface area contributed by atoms with Gasteiger partial charge in [0.2, 0.25) is 5.91 Å². The summed E-state index contributed by atoms with van der Waals surface area (Å²) in [6, 6.07) is 1.60. The van der Waals surface area contributed by atoms with E-state index in [0.717, 1.165) is 26.2 Å². The molecule has 0 saturated carbocycles. The molecule has 1 unspecified atom stereocenters. The molecule has 1 saturated heterocycles. The van der Waals surface area contributed by atoms with Crippen LogP contribution in [0, 0.1) is 0 Å². The Balaban J connectivity index is 2.06. The van der Waals surface area contributed by atoms with Gasteiger partial charge in [0.1, 0.15) is 11.5 Å². The largest absolute Gasteiger partial charge is 0.369 e. The van der Waals surface area contributed by atoms with Gasteiger partial charge in [0.05, 0.1) is 11.6 Å². The summed E-state index contributed by atoms with van der Waals surface area (Å²) in [5.41, 5.74) is 6.07. The van der Waals surface area contributed by atoms with Gasteiger partial charge in [-0.25, -0.2) is 9.97 Å². The van der Waals surface area contributed by atoms with E-state index in [4.69, 9.17) is 17.3 Å². The maximum Gasteiger partial charge on any atom is 0.227 e. The molecule has 19 heavy (non-hydrogen) atoms. The second-order valence-electron chi connectivity index (χ2n) is 4.82. The fourth-order valence-electron chi connectivity index (χ4n) is 2.16. The van der Waals surface area contributed by atoms with Crippen molar-refractivity contribution in [2.24, 2.45) is 5.73 Å². The van der Waals surface area contributed by atoms with Gasteiger partial charge in [-0.3, -0.25) is 9.69 Å². The third-order valence-electron chi connectivity index (χ3n) is 3.39. The molecule has 2 rings (SSSR count). The number of nitrogens with two attached hydrogens (primary N) is 1. The average molecular weight is 284 g/mol. The molecule has 2 heterocycles. The second kappa shape index (κ2) is 6.27. The molecule has 1 amide bonds. The van der Waals surface area contributed by atoms with Crippen LogP contribution in [0.25, 0.3) is 0 Å². The molecule has 0 radical (unpaired) electrons. The van der Waals surface area contributed by atoms with E-state index >= 15 is 0 Å². The van der Waals surface area contributed by atoms with Crippen molar-refractivity contribution in [3.8, 4) is 0 Å². The van der Waals surface area contributed by atoms with Crippen LogP contribution in [-0.2, 0) is 4.79 Å². The normalized spacial score (nSPS) is 19.3. The monoisotopic (exact) mass is 283 g/mol. The van der Waals surface area contributed by atoms with Gasteiger partial charge in [0.25, 0.3) is 0 Å². The van der Waals surface area contributed by atoms with Crippen molar-refractivity contribution in [1.82, 2.24) is 19.8 Å². The second-order valence-corrected chi connectivity index (χ2v) is 5.21.